The normalized spacial score (nSPS) is 9.11. The summed E-state index contributed by atoms with van der Waals surface area (Å²) in [5.74, 6) is 0. The van der Waals surface area contributed by atoms with E-state index in [0.29, 0.717) is 0 Å². The molecule has 2 heteroatoms. The van der Waals surface area contributed by atoms with Crippen LogP contribution in [0.15, 0.2) is 24.3 Å². The van der Waals surface area contributed by atoms with Gasteiger partial charge in [0.05, 0.1) is 0 Å². The average Bonchev–Trinajstić information content (AvgIpc) is 1.89. The summed E-state index contributed by atoms with van der Waals surface area (Å²) in [6, 6.07) is 8.46. The molecule has 0 atom stereocenters. The van der Waals surface area contributed by atoms with Gasteiger partial charge in [-0.3, -0.25) is 0 Å². The van der Waals surface area contributed by atoms with Crippen LogP contribution < -0.4 is 5.46 Å². The van der Waals surface area contributed by atoms with Crippen molar-refractivity contribution in [1.82, 2.24) is 0 Å². The Morgan fingerprint density at radius 3 is 2.44 bits per heavy atom. The number of hydrogen-bond acceptors (Lipinski definition) is 0. The van der Waals surface area contributed by atoms with E-state index >= 15 is 0 Å². The zero-order valence-electron chi connectivity index (χ0n) is 5.39. The van der Waals surface area contributed by atoms with Gasteiger partial charge in [-0.2, -0.15) is 0 Å². The van der Waals surface area contributed by atoms with E-state index in [1.165, 1.54) is 9.03 Å². The van der Waals surface area contributed by atoms with E-state index in [0.717, 1.165) is 7.28 Å². The quantitative estimate of drug-likeness (QED) is 0.505. The fourth-order valence-electron chi connectivity index (χ4n) is 0.785. The summed E-state index contributed by atoms with van der Waals surface area (Å²) >= 11 is 2.36. The topological polar surface area (TPSA) is 0 Å². The highest BCUT2D eigenvalue weighted by atomic mass is 127. The van der Waals surface area contributed by atoms with Crippen molar-refractivity contribution in [3.8, 4) is 0 Å². The van der Waals surface area contributed by atoms with Crippen LogP contribution in [0.2, 0.25) is 6.82 Å². The number of hydrogen-bond donors (Lipinski definition) is 0. The molecular formula is C7H8BI. The van der Waals surface area contributed by atoms with Crippen LogP contribution in [0, 0.1) is 3.57 Å². The smallest absolute Gasteiger partial charge is 0.0849 e. The van der Waals surface area contributed by atoms with Crippen molar-refractivity contribution >= 4 is 35.3 Å². The van der Waals surface area contributed by atoms with Crippen LogP contribution in [0.25, 0.3) is 0 Å². The molecule has 0 amide bonds. The van der Waals surface area contributed by atoms with Crippen molar-refractivity contribution in [3.05, 3.63) is 27.8 Å². The molecule has 0 nitrogen and oxygen atoms in total. The minimum absolute atomic E-state index is 1.14. The Kier molecular flexibility index (Phi) is 2.57. The largest absolute Gasteiger partial charge is 0.155 e. The van der Waals surface area contributed by atoms with E-state index in [1.807, 2.05) is 0 Å². The molecule has 0 N–H and O–H groups in total. The van der Waals surface area contributed by atoms with Crippen molar-refractivity contribution in [2.45, 2.75) is 6.82 Å². The first-order valence-corrected chi connectivity index (χ1v) is 4.16. The first kappa shape index (κ1) is 7.13. The van der Waals surface area contributed by atoms with Crippen LogP contribution in [0.1, 0.15) is 0 Å². The molecule has 1 aromatic rings. The third kappa shape index (κ3) is 1.71. The molecule has 1 aromatic carbocycles. The van der Waals surface area contributed by atoms with Gasteiger partial charge in [0.1, 0.15) is 0 Å². The maximum atomic E-state index is 2.36. The van der Waals surface area contributed by atoms with Crippen molar-refractivity contribution in [1.29, 1.82) is 0 Å². The van der Waals surface area contributed by atoms with Crippen LogP contribution in [-0.4, -0.2) is 7.28 Å². The molecule has 0 saturated heterocycles. The average molecular weight is 230 g/mol. The summed E-state index contributed by atoms with van der Waals surface area (Å²) in [6.45, 7) is 2.18. The highest BCUT2D eigenvalue weighted by Crippen LogP contribution is 1.98. The maximum absolute atomic E-state index is 2.36. The summed E-state index contributed by atoms with van der Waals surface area (Å²) in [5, 5.41) is 0. The number of benzene rings is 1. The van der Waals surface area contributed by atoms with Gasteiger partial charge >= 0.3 is 0 Å². The Bertz CT molecular complexity index is 198. The molecule has 0 aliphatic heterocycles. The van der Waals surface area contributed by atoms with Crippen molar-refractivity contribution in [2.24, 2.45) is 0 Å². The molecule has 0 radical (unpaired) electrons. The molecule has 0 spiro atoms. The molecule has 0 aliphatic rings. The van der Waals surface area contributed by atoms with Gasteiger partial charge in [0.2, 0.25) is 0 Å². The van der Waals surface area contributed by atoms with Gasteiger partial charge in [-0.1, -0.05) is 30.5 Å². The molecule has 0 heterocycles. The molecule has 9 heavy (non-hydrogen) atoms. The lowest BCUT2D eigenvalue weighted by atomic mass is 9.74. The molecule has 0 bridgehead atoms. The Balaban J connectivity index is 3.01. The Morgan fingerprint density at radius 1 is 1.33 bits per heavy atom. The second-order valence-electron chi connectivity index (χ2n) is 1.94. The van der Waals surface area contributed by atoms with E-state index < -0.39 is 0 Å². The summed E-state index contributed by atoms with van der Waals surface area (Å²) in [5.41, 5.74) is 1.44. The van der Waals surface area contributed by atoms with Crippen LogP contribution >= 0.6 is 22.6 Å². The van der Waals surface area contributed by atoms with Gasteiger partial charge in [0.25, 0.3) is 0 Å². The fraction of sp³-hybridized carbons (Fsp3) is 0.143. The third-order valence-corrected chi connectivity index (χ3v) is 2.39. The highest BCUT2D eigenvalue weighted by molar-refractivity contribution is 14.1. The molecule has 46 valence electrons. The van der Waals surface area contributed by atoms with Crippen LogP contribution in [0.5, 0.6) is 0 Å². The van der Waals surface area contributed by atoms with Gasteiger partial charge in [-0.25, -0.2) is 0 Å². The van der Waals surface area contributed by atoms with Crippen molar-refractivity contribution < 1.29 is 0 Å². The lowest BCUT2D eigenvalue weighted by Gasteiger charge is -1.95. The van der Waals surface area contributed by atoms with Gasteiger partial charge < -0.3 is 0 Å². The SMILES string of the molecule is CBc1ccccc1I. The van der Waals surface area contributed by atoms with E-state index in [9.17, 15) is 0 Å². The van der Waals surface area contributed by atoms with Gasteiger partial charge in [-0.15, -0.1) is 0 Å². The van der Waals surface area contributed by atoms with Gasteiger partial charge in [0, 0.05) is 3.57 Å². The number of rotatable bonds is 1. The Hall–Kier alpha value is 0.0149. The molecule has 0 unspecified atom stereocenters. The summed E-state index contributed by atoms with van der Waals surface area (Å²) < 4.78 is 1.37. The Morgan fingerprint density at radius 2 is 2.00 bits per heavy atom. The predicted octanol–water partition coefficient (Wildman–Crippen LogP) is 1.40. The first-order valence-electron chi connectivity index (χ1n) is 3.08. The van der Waals surface area contributed by atoms with Crippen LogP contribution in [0.4, 0.5) is 0 Å². The molecular weight excluding hydrogens is 222 g/mol. The lowest BCUT2D eigenvalue weighted by molar-refractivity contribution is 1.70. The van der Waals surface area contributed by atoms with Crippen molar-refractivity contribution in [2.75, 3.05) is 0 Å². The monoisotopic (exact) mass is 230 g/mol. The minimum atomic E-state index is 1.14. The molecule has 1 rings (SSSR count). The Labute approximate surface area is 70.0 Å². The second-order valence-corrected chi connectivity index (χ2v) is 3.11. The summed E-state index contributed by atoms with van der Waals surface area (Å²) in [4.78, 5) is 0. The van der Waals surface area contributed by atoms with Crippen LogP contribution in [0.3, 0.4) is 0 Å². The maximum Gasteiger partial charge on any atom is 0.155 e. The third-order valence-electron chi connectivity index (χ3n) is 1.34. The molecule has 0 aliphatic carbocycles. The van der Waals surface area contributed by atoms with E-state index in [4.69, 9.17) is 0 Å². The van der Waals surface area contributed by atoms with E-state index in [2.05, 4.69) is 53.7 Å². The van der Waals surface area contributed by atoms with E-state index in [-0.39, 0.29) is 0 Å². The lowest BCUT2D eigenvalue weighted by Crippen LogP contribution is -2.13. The standard InChI is InChI=1S/C7H8BI/c1-8-6-4-2-3-5-7(6)9/h2-5,8H,1H3. The summed E-state index contributed by atoms with van der Waals surface area (Å²) in [6.07, 6.45) is 0. The summed E-state index contributed by atoms with van der Waals surface area (Å²) in [7, 11) is 1.14. The fourth-order valence-corrected chi connectivity index (χ4v) is 1.55. The van der Waals surface area contributed by atoms with Crippen LogP contribution in [-0.2, 0) is 0 Å². The second kappa shape index (κ2) is 3.25. The predicted molar refractivity (Wildman–Crippen MR) is 51.8 cm³/mol. The molecule has 0 saturated carbocycles. The zero-order valence-corrected chi connectivity index (χ0v) is 7.55. The molecule has 0 fully saturated rings. The first-order chi connectivity index (χ1) is 4.34. The van der Waals surface area contributed by atoms with Gasteiger partial charge in [0.15, 0.2) is 7.28 Å². The van der Waals surface area contributed by atoms with E-state index in [1.54, 1.807) is 0 Å². The van der Waals surface area contributed by atoms with Crippen molar-refractivity contribution in [3.63, 3.8) is 0 Å². The number of halogens is 1. The van der Waals surface area contributed by atoms with Gasteiger partial charge in [-0.05, 0) is 28.7 Å². The highest BCUT2D eigenvalue weighted by Gasteiger charge is 1.92. The molecule has 0 aromatic heterocycles. The zero-order chi connectivity index (χ0) is 6.69. The minimum Gasteiger partial charge on any atom is -0.0849 e.